The van der Waals surface area contributed by atoms with Crippen molar-refractivity contribution >= 4 is 23.2 Å². The normalized spacial score (nSPS) is 10.9. The molecule has 1 amide bonds. The molecule has 0 atom stereocenters. The number of nitrogens with one attached hydrogen (secondary N) is 1. The average Bonchev–Trinajstić information content (AvgIpc) is 2.49. The number of hydroxylamine groups is 1. The highest BCUT2D eigenvalue weighted by Crippen LogP contribution is 2.43. The molecule has 0 aliphatic rings. The zero-order valence-electron chi connectivity index (χ0n) is 12.3. The molecule has 0 saturated heterocycles. The summed E-state index contributed by atoms with van der Waals surface area (Å²) < 4.78 is 38.4. The van der Waals surface area contributed by atoms with Crippen LogP contribution in [0.1, 0.15) is 12.5 Å². The zero-order valence-corrected chi connectivity index (χ0v) is 12.3. The number of anilines is 1. The van der Waals surface area contributed by atoms with E-state index in [0.717, 1.165) is 7.05 Å². The SMILES string of the molecule is CCN(OC(=O)NC)c1c([N+](=O)[O-])cc(C(F)(F)F)cc1[N+](=O)[O-]. The van der Waals surface area contributed by atoms with E-state index in [1.165, 1.54) is 6.92 Å². The number of rotatable bonds is 5. The minimum absolute atomic E-state index is 0.137. The maximum Gasteiger partial charge on any atom is 0.431 e. The molecule has 1 N–H and O–H groups in total. The van der Waals surface area contributed by atoms with Crippen LogP contribution in [0.15, 0.2) is 12.1 Å². The van der Waals surface area contributed by atoms with Crippen LogP contribution < -0.4 is 10.4 Å². The summed E-state index contributed by atoms with van der Waals surface area (Å²) in [6.07, 6.45) is -6.15. The summed E-state index contributed by atoms with van der Waals surface area (Å²) in [6, 6.07) is 0.274. The molecule has 10 nitrogen and oxygen atoms in total. The lowest BCUT2D eigenvalue weighted by Crippen LogP contribution is -2.33. The molecule has 0 spiro atoms. The molecule has 0 bridgehead atoms. The van der Waals surface area contributed by atoms with E-state index in [4.69, 9.17) is 0 Å². The van der Waals surface area contributed by atoms with Gasteiger partial charge in [-0.2, -0.15) is 18.2 Å². The fourth-order valence-electron chi connectivity index (χ4n) is 1.72. The third-order valence-electron chi connectivity index (χ3n) is 2.72. The smallest absolute Gasteiger partial charge is 0.323 e. The van der Waals surface area contributed by atoms with Gasteiger partial charge < -0.3 is 10.2 Å². The van der Waals surface area contributed by atoms with E-state index >= 15 is 0 Å². The summed E-state index contributed by atoms with van der Waals surface area (Å²) >= 11 is 0. The van der Waals surface area contributed by atoms with Crippen molar-refractivity contribution in [2.75, 3.05) is 18.7 Å². The van der Waals surface area contributed by atoms with Gasteiger partial charge in [0.15, 0.2) is 0 Å². The Kier molecular flexibility index (Phi) is 5.50. The Morgan fingerprint density at radius 2 is 1.71 bits per heavy atom. The lowest BCUT2D eigenvalue weighted by molar-refractivity contribution is -0.393. The summed E-state index contributed by atoms with van der Waals surface area (Å²) in [5.74, 6) is 0. The third-order valence-corrected chi connectivity index (χ3v) is 2.72. The van der Waals surface area contributed by atoms with Crippen LogP contribution in [-0.4, -0.2) is 29.5 Å². The van der Waals surface area contributed by atoms with E-state index in [1.807, 2.05) is 5.32 Å². The Bertz CT molecular complexity index is 643. The van der Waals surface area contributed by atoms with Crippen molar-refractivity contribution in [3.05, 3.63) is 37.9 Å². The van der Waals surface area contributed by atoms with Crippen LogP contribution in [0.2, 0.25) is 0 Å². The van der Waals surface area contributed by atoms with Crippen LogP contribution in [0.3, 0.4) is 0 Å². The van der Waals surface area contributed by atoms with Crippen molar-refractivity contribution < 1.29 is 32.6 Å². The molecule has 1 rings (SSSR count). The highest BCUT2D eigenvalue weighted by atomic mass is 19.4. The van der Waals surface area contributed by atoms with Gasteiger partial charge in [0, 0.05) is 19.2 Å². The van der Waals surface area contributed by atoms with E-state index in [9.17, 15) is 38.2 Å². The Balaban J connectivity index is 3.69. The van der Waals surface area contributed by atoms with Gasteiger partial charge >= 0.3 is 23.6 Å². The fraction of sp³-hybridized carbons (Fsp3) is 0.364. The van der Waals surface area contributed by atoms with Gasteiger partial charge in [-0.3, -0.25) is 20.2 Å². The predicted molar refractivity (Wildman–Crippen MR) is 73.3 cm³/mol. The largest absolute Gasteiger partial charge is 0.431 e. The van der Waals surface area contributed by atoms with Crippen LogP contribution in [0.25, 0.3) is 0 Å². The molecular formula is C11H11F3N4O6. The molecule has 0 heterocycles. The molecule has 0 fully saturated rings. The molecular weight excluding hydrogens is 341 g/mol. The van der Waals surface area contributed by atoms with Crippen LogP contribution in [0, 0.1) is 20.2 Å². The van der Waals surface area contributed by atoms with Crippen molar-refractivity contribution in [2.45, 2.75) is 13.1 Å². The number of halogens is 3. The topological polar surface area (TPSA) is 128 Å². The number of carbonyl (C=O) groups is 1. The maximum atomic E-state index is 12.8. The van der Waals surface area contributed by atoms with Crippen LogP contribution in [0.5, 0.6) is 0 Å². The van der Waals surface area contributed by atoms with Gasteiger partial charge in [0.25, 0.3) is 0 Å². The lowest BCUT2D eigenvalue weighted by Gasteiger charge is -2.21. The number of amides is 1. The van der Waals surface area contributed by atoms with Gasteiger partial charge in [-0.1, -0.05) is 0 Å². The Labute approximate surface area is 132 Å². The van der Waals surface area contributed by atoms with E-state index < -0.39 is 44.7 Å². The number of carbonyl (C=O) groups excluding carboxylic acids is 1. The van der Waals surface area contributed by atoms with E-state index in [2.05, 4.69) is 4.84 Å². The van der Waals surface area contributed by atoms with Crippen LogP contribution in [-0.2, 0) is 11.0 Å². The number of hydrogen-bond acceptors (Lipinski definition) is 7. The first kappa shape index (κ1) is 18.9. The van der Waals surface area contributed by atoms with E-state index in [-0.39, 0.29) is 18.7 Å². The number of nitro benzene ring substituents is 2. The minimum Gasteiger partial charge on any atom is -0.323 e. The quantitative estimate of drug-likeness (QED) is 0.637. The second-order valence-electron chi connectivity index (χ2n) is 4.20. The number of nitro groups is 2. The van der Waals surface area contributed by atoms with E-state index in [1.54, 1.807) is 0 Å². The second kappa shape index (κ2) is 6.97. The lowest BCUT2D eigenvalue weighted by atomic mass is 10.1. The summed E-state index contributed by atoms with van der Waals surface area (Å²) in [5.41, 5.74) is -4.88. The number of benzene rings is 1. The first-order valence-electron chi connectivity index (χ1n) is 6.24. The average molecular weight is 352 g/mol. The highest BCUT2D eigenvalue weighted by Gasteiger charge is 2.39. The number of hydrogen-bond donors (Lipinski definition) is 1. The zero-order chi connectivity index (χ0) is 18.7. The summed E-state index contributed by atoms with van der Waals surface area (Å²) in [6.45, 7) is 1.04. The van der Waals surface area contributed by atoms with Crippen molar-refractivity contribution in [3.8, 4) is 0 Å². The van der Waals surface area contributed by atoms with Gasteiger partial charge in [0.1, 0.15) is 0 Å². The van der Waals surface area contributed by atoms with Crippen molar-refractivity contribution in [1.29, 1.82) is 0 Å². The molecule has 0 aliphatic carbocycles. The third kappa shape index (κ3) is 3.99. The van der Waals surface area contributed by atoms with Gasteiger partial charge in [-0.25, -0.2) is 4.79 Å². The van der Waals surface area contributed by atoms with Gasteiger partial charge in [-0.15, -0.1) is 0 Å². The summed E-state index contributed by atoms with van der Waals surface area (Å²) in [7, 11) is 1.16. The minimum atomic E-state index is -5.03. The van der Waals surface area contributed by atoms with Gasteiger partial charge in [0.2, 0.25) is 5.69 Å². The fourth-order valence-corrected chi connectivity index (χ4v) is 1.72. The Morgan fingerprint density at radius 1 is 1.25 bits per heavy atom. The van der Waals surface area contributed by atoms with Crippen LogP contribution >= 0.6 is 0 Å². The number of alkyl halides is 3. The molecule has 132 valence electrons. The molecule has 24 heavy (non-hydrogen) atoms. The molecule has 0 radical (unpaired) electrons. The van der Waals surface area contributed by atoms with E-state index in [0.29, 0.717) is 5.06 Å². The number of nitrogens with zero attached hydrogens (tertiary/aromatic N) is 3. The standard InChI is InChI=1S/C11H11F3N4O6/c1-3-16(24-10(19)15-2)9-7(17(20)21)4-6(11(12,13)14)5-8(9)18(22)23/h4-5H,3H2,1-2H3,(H,15,19). The van der Waals surface area contributed by atoms with Gasteiger partial charge in [0.05, 0.1) is 22.0 Å². The Hall–Kier alpha value is -3.12. The maximum absolute atomic E-state index is 12.8. The highest BCUT2D eigenvalue weighted by molar-refractivity contribution is 5.77. The molecule has 1 aromatic carbocycles. The monoisotopic (exact) mass is 352 g/mol. The summed E-state index contributed by atoms with van der Waals surface area (Å²) in [5, 5.41) is 24.6. The van der Waals surface area contributed by atoms with Crippen molar-refractivity contribution in [2.24, 2.45) is 0 Å². The first-order valence-corrected chi connectivity index (χ1v) is 6.24. The molecule has 13 heteroatoms. The molecule has 0 aromatic heterocycles. The molecule has 0 saturated carbocycles. The molecule has 1 aromatic rings. The van der Waals surface area contributed by atoms with Crippen molar-refractivity contribution in [3.63, 3.8) is 0 Å². The van der Waals surface area contributed by atoms with Gasteiger partial charge in [-0.05, 0) is 6.92 Å². The van der Waals surface area contributed by atoms with Crippen molar-refractivity contribution in [1.82, 2.24) is 5.32 Å². The Morgan fingerprint density at radius 3 is 2.00 bits per heavy atom. The molecule has 0 unspecified atom stereocenters. The summed E-state index contributed by atoms with van der Waals surface area (Å²) in [4.78, 5) is 35.6. The van der Waals surface area contributed by atoms with Crippen LogP contribution in [0.4, 0.5) is 35.0 Å². The first-order chi connectivity index (χ1) is 11.0. The molecule has 0 aliphatic heterocycles. The second-order valence-corrected chi connectivity index (χ2v) is 4.20. The predicted octanol–water partition coefficient (Wildman–Crippen LogP) is 2.62.